The number of ketones is 1. The molecule has 0 aromatic heterocycles. The van der Waals surface area contributed by atoms with Crippen molar-refractivity contribution in [2.24, 2.45) is 10.9 Å². The van der Waals surface area contributed by atoms with Crippen LogP contribution in [0.4, 0.5) is 26.3 Å². The summed E-state index contributed by atoms with van der Waals surface area (Å²) in [5.41, 5.74) is 2.23. The number of nitrogens with zero attached hydrogens (tertiary/aromatic N) is 1. The third-order valence-electron chi connectivity index (χ3n) is 6.63. The lowest BCUT2D eigenvalue weighted by Crippen LogP contribution is -3.10. The Morgan fingerprint density at radius 3 is 1.95 bits per heavy atom. The number of halogens is 6. The molecule has 0 radical (unpaired) electrons. The van der Waals surface area contributed by atoms with E-state index in [0.29, 0.717) is 6.42 Å². The van der Waals surface area contributed by atoms with E-state index < -0.39 is 24.3 Å². The lowest BCUT2D eigenvalue weighted by Gasteiger charge is -2.27. The second kappa shape index (κ2) is 18.1. The molecule has 1 aromatic rings. The van der Waals surface area contributed by atoms with Gasteiger partial charge in [0.05, 0.1) is 26.3 Å². The molecule has 0 saturated carbocycles. The fraction of sp³-hybridized carbons (Fsp3) is 0.536. The zero-order valence-electron chi connectivity index (χ0n) is 24.2. The Hall–Kier alpha value is -3.79. The van der Waals surface area contributed by atoms with Gasteiger partial charge in [0.15, 0.2) is 5.70 Å². The Morgan fingerprint density at radius 2 is 1.48 bits per heavy atom. The first-order valence-electron chi connectivity index (χ1n) is 13.8. The van der Waals surface area contributed by atoms with Crippen molar-refractivity contribution in [3.63, 3.8) is 0 Å². The molecule has 0 bridgehead atoms. The SMILES string of the molecule is CC(=O)CCCCC[C@H](NC(=O)C1CC[NH+](C)CC1)C1=NC=C(c2ccccc2)[NH2+]1.O=C([O-])C(F)(F)F.O=C([O-])C(F)(F)F. The molecule has 3 rings (SSSR count). The Kier molecular flexibility index (Phi) is 15.7. The highest BCUT2D eigenvalue weighted by Gasteiger charge is 2.32. The summed E-state index contributed by atoms with van der Waals surface area (Å²) in [5.74, 6) is -4.56. The van der Waals surface area contributed by atoms with Crippen molar-refractivity contribution in [3.05, 3.63) is 42.1 Å². The van der Waals surface area contributed by atoms with E-state index >= 15 is 0 Å². The Labute approximate surface area is 250 Å². The number of amides is 1. The lowest BCUT2D eigenvalue weighted by molar-refractivity contribution is -0.885. The summed E-state index contributed by atoms with van der Waals surface area (Å²) in [6.45, 7) is 3.76. The number of nitrogens with two attached hydrogens (primary N) is 1. The number of carboxylic acid groups (broad SMARTS) is 2. The number of amidine groups is 1. The normalized spacial score (nSPS) is 18.7. The number of carbonyl (C=O) groups is 4. The van der Waals surface area contributed by atoms with Gasteiger partial charge in [-0.15, -0.1) is 0 Å². The molecule has 0 spiro atoms. The lowest BCUT2D eigenvalue weighted by atomic mass is 9.95. The standard InChI is InChI=1S/C24H34N4O2.2C2HF3O2/c1-18(29)9-5-3-8-12-21(27-24(30)20-13-15-28(2)16-14-20)23-25-17-22(26-23)19-10-6-4-7-11-19;2*3-2(4,5)1(6)7/h4,6-7,10-11,17,20-21H,3,5,8-9,12-16H2,1-2H3,(H,25,26)(H,27,30);2*(H,6,7)/t21-;;/m0../s1. The maximum atomic E-state index is 13.0. The summed E-state index contributed by atoms with van der Waals surface area (Å²) >= 11 is 0. The smallest absolute Gasteiger partial charge is 0.430 e. The third-order valence-corrected chi connectivity index (χ3v) is 6.63. The van der Waals surface area contributed by atoms with Gasteiger partial charge in [-0.3, -0.25) is 10.1 Å². The highest BCUT2D eigenvalue weighted by atomic mass is 19.4. The summed E-state index contributed by atoms with van der Waals surface area (Å²) in [6.07, 6.45) is -2.21. The zero-order valence-corrected chi connectivity index (χ0v) is 24.2. The molecule has 1 atom stereocenters. The van der Waals surface area contributed by atoms with Crippen LogP contribution in [0.3, 0.4) is 0 Å². The number of carboxylic acids is 2. The molecule has 2 aliphatic rings. The molecule has 0 aliphatic carbocycles. The molecule has 16 heteroatoms. The quantitative estimate of drug-likeness (QED) is 0.232. The number of alkyl halides is 6. The van der Waals surface area contributed by atoms with E-state index in [0.717, 1.165) is 68.7 Å². The average Bonchev–Trinajstić information content (AvgIpc) is 3.43. The van der Waals surface area contributed by atoms with Gasteiger partial charge in [0.25, 0.3) is 0 Å². The van der Waals surface area contributed by atoms with Crippen LogP contribution in [0.5, 0.6) is 0 Å². The third kappa shape index (κ3) is 15.1. The van der Waals surface area contributed by atoms with Crippen molar-refractivity contribution >= 4 is 35.2 Å². The van der Waals surface area contributed by atoms with Crippen molar-refractivity contribution in [2.45, 2.75) is 70.3 Å². The summed E-state index contributed by atoms with van der Waals surface area (Å²) in [4.78, 5) is 47.9. The van der Waals surface area contributed by atoms with Crippen LogP contribution in [0.2, 0.25) is 0 Å². The summed E-state index contributed by atoms with van der Waals surface area (Å²) in [7, 11) is 2.19. The number of hydrogen-bond donors (Lipinski definition) is 3. The van der Waals surface area contributed by atoms with Gasteiger partial charge in [0.1, 0.15) is 23.8 Å². The number of quaternary nitrogens is 2. The Morgan fingerprint density at radius 1 is 0.955 bits per heavy atom. The molecule has 1 aromatic carbocycles. The number of benzene rings is 1. The van der Waals surface area contributed by atoms with Crippen molar-refractivity contribution in [3.8, 4) is 0 Å². The van der Waals surface area contributed by atoms with Crippen molar-refractivity contribution in [1.29, 1.82) is 0 Å². The van der Waals surface area contributed by atoms with Gasteiger partial charge in [-0.25, -0.2) is 4.99 Å². The number of hydrogen-bond acceptors (Lipinski definition) is 7. The van der Waals surface area contributed by atoms with Gasteiger partial charge in [-0.1, -0.05) is 31.0 Å². The minimum Gasteiger partial charge on any atom is -0.542 e. The van der Waals surface area contributed by atoms with Crippen LogP contribution in [0.25, 0.3) is 5.70 Å². The number of aliphatic imine (C=N–C) groups is 1. The van der Waals surface area contributed by atoms with Gasteiger partial charge < -0.3 is 34.8 Å². The second-order valence-corrected chi connectivity index (χ2v) is 10.3. The Bertz CT molecular complexity index is 1140. The predicted octanol–water partition coefficient (Wildman–Crippen LogP) is -0.493. The van der Waals surface area contributed by atoms with Gasteiger partial charge in [0, 0.05) is 30.7 Å². The van der Waals surface area contributed by atoms with Gasteiger partial charge in [0.2, 0.25) is 11.7 Å². The topological polar surface area (TPSA) is 160 Å². The number of rotatable bonds is 10. The molecular weight excluding hydrogens is 602 g/mol. The van der Waals surface area contributed by atoms with E-state index in [-0.39, 0.29) is 23.7 Å². The summed E-state index contributed by atoms with van der Waals surface area (Å²) in [5, 5.41) is 23.0. The first-order valence-corrected chi connectivity index (χ1v) is 13.8. The minimum atomic E-state index is -5.19. The maximum absolute atomic E-state index is 13.0. The molecule has 4 N–H and O–H groups in total. The van der Waals surface area contributed by atoms with Crippen molar-refractivity contribution in [2.75, 3.05) is 20.1 Å². The number of aliphatic carboxylic acids is 2. The van der Waals surface area contributed by atoms with Crippen LogP contribution in [-0.2, 0) is 19.2 Å². The van der Waals surface area contributed by atoms with Crippen LogP contribution in [0.15, 0.2) is 41.5 Å². The van der Waals surface area contributed by atoms with E-state index in [1.54, 1.807) is 6.92 Å². The summed E-state index contributed by atoms with van der Waals surface area (Å²) in [6, 6.07) is 10.2. The van der Waals surface area contributed by atoms with Gasteiger partial charge in [-0.05, 0) is 31.9 Å². The number of likely N-dealkylation sites (tertiary alicyclic amines) is 1. The first-order chi connectivity index (χ1) is 20.4. The monoisotopic (exact) mass is 638 g/mol. The van der Waals surface area contributed by atoms with Crippen LogP contribution in [0.1, 0.15) is 57.4 Å². The van der Waals surface area contributed by atoms with Gasteiger partial charge in [-0.2, -0.15) is 26.3 Å². The molecule has 2 heterocycles. The van der Waals surface area contributed by atoms with Crippen LogP contribution in [0, 0.1) is 5.92 Å². The number of nitrogens with one attached hydrogen (secondary N) is 2. The number of Topliss-reactive ketones (excluding diaryl/α,β-unsaturated/α-hetero) is 1. The highest BCUT2D eigenvalue weighted by Crippen LogP contribution is 2.15. The summed E-state index contributed by atoms with van der Waals surface area (Å²) < 4.78 is 63.1. The minimum absolute atomic E-state index is 0.0701. The van der Waals surface area contributed by atoms with Crippen LogP contribution >= 0.6 is 0 Å². The van der Waals surface area contributed by atoms with Crippen molar-refractivity contribution < 1.29 is 66.0 Å². The van der Waals surface area contributed by atoms with Gasteiger partial charge >= 0.3 is 12.4 Å². The molecular formula is C28H36F6N4O6. The fourth-order valence-corrected chi connectivity index (χ4v) is 4.21. The largest absolute Gasteiger partial charge is 0.542 e. The molecule has 1 saturated heterocycles. The number of carbonyl (C=O) groups excluding carboxylic acids is 4. The molecule has 1 amide bonds. The van der Waals surface area contributed by atoms with E-state index in [2.05, 4.69) is 34.8 Å². The van der Waals surface area contributed by atoms with E-state index in [9.17, 15) is 35.9 Å². The number of piperidine rings is 1. The fourth-order valence-electron chi connectivity index (χ4n) is 4.21. The molecule has 44 heavy (non-hydrogen) atoms. The van der Waals surface area contributed by atoms with Crippen molar-refractivity contribution in [1.82, 2.24) is 5.32 Å². The molecule has 0 unspecified atom stereocenters. The van der Waals surface area contributed by atoms with E-state index in [1.165, 1.54) is 4.90 Å². The molecule has 1 fully saturated rings. The average molecular weight is 639 g/mol. The van der Waals surface area contributed by atoms with Crippen LogP contribution in [-0.4, -0.2) is 68.0 Å². The highest BCUT2D eigenvalue weighted by molar-refractivity contribution is 5.90. The van der Waals surface area contributed by atoms with E-state index in [1.807, 2.05) is 24.4 Å². The molecule has 2 aliphatic heterocycles. The number of unbranched alkanes of at least 4 members (excludes halogenated alkanes) is 2. The molecule has 10 nitrogen and oxygen atoms in total. The zero-order chi connectivity index (χ0) is 33.5. The van der Waals surface area contributed by atoms with E-state index in [4.69, 9.17) is 19.8 Å². The van der Waals surface area contributed by atoms with Crippen LogP contribution < -0.4 is 25.7 Å². The Balaban J connectivity index is 0.000000574. The molecule has 246 valence electrons. The maximum Gasteiger partial charge on any atom is 0.430 e. The predicted molar refractivity (Wildman–Crippen MR) is 141 cm³/mol. The first kappa shape index (κ1) is 38.2. The second-order valence-electron chi connectivity index (χ2n) is 10.3.